The van der Waals surface area contributed by atoms with Gasteiger partial charge in [0.15, 0.2) is 0 Å². The highest BCUT2D eigenvalue weighted by atomic mass is 19.1. The Labute approximate surface area is 229 Å². The minimum absolute atomic E-state index is 0.246. The van der Waals surface area contributed by atoms with E-state index in [0.717, 1.165) is 80.7 Å². The maximum atomic E-state index is 14.4. The summed E-state index contributed by atoms with van der Waals surface area (Å²) in [6, 6.07) is 5.93. The van der Waals surface area contributed by atoms with Gasteiger partial charge in [0, 0.05) is 38.0 Å². The fourth-order valence-electron chi connectivity index (χ4n) is 7.93. The van der Waals surface area contributed by atoms with E-state index in [0.29, 0.717) is 45.2 Å². The Hall–Kier alpha value is -2.49. The molecule has 39 heavy (non-hydrogen) atoms. The maximum Gasteiger partial charge on any atom is 0.318 e. The molecular weight excluding hydrogens is 499 g/mol. The van der Waals surface area contributed by atoms with E-state index in [1.807, 2.05) is 19.1 Å². The standard InChI is InChI=1S/C30H39FN4O4/c1-28(37)8-3-11-34(18-28)26-23-17-39-30(10-2-5-20-6-7-22(36)13-24(20)30)15-25(23)32-27(33-26)38-19-29-9-4-12-35(29)16-21(31)14-29/h6-7,13,21,36-37H,2-5,8-12,14-19H2,1H3/t21-,28-,29+,30-/m1/s1. The lowest BCUT2D eigenvalue weighted by Gasteiger charge is -2.44. The van der Waals surface area contributed by atoms with E-state index in [-0.39, 0.29) is 11.3 Å². The molecule has 5 aliphatic rings. The first-order valence-corrected chi connectivity index (χ1v) is 14.6. The first kappa shape index (κ1) is 25.5. The van der Waals surface area contributed by atoms with E-state index in [1.165, 1.54) is 5.56 Å². The van der Waals surface area contributed by atoms with Crippen LogP contribution in [-0.4, -0.2) is 75.2 Å². The molecule has 0 saturated carbocycles. The molecule has 0 radical (unpaired) electrons. The number of piperidine rings is 1. The van der Waals surface area contributed by atoms with Crippen molar-refractivity contribution in [2.45, 2.75) is 94.2 Å². The topological polar surface area (TPSA) is 91.2 Å². The van der Waals surface area contributed by atoms with Crippen LogP contribution < -0.4 is 9.64 Å². The van der Waals surface area contributed by atoms with Crippen LogP contribution >= 0.6 is 0 Å². The lowest BCUT2D eigenvalue weighted by atomic mass is 9.74. The minimum Gasteiger partial charge on any atom is -0.508 e. The van der Waals surface area contributed by atoms with Crippen LogP contribution in [0.25, 0.3) is 0 Å². The second-order valence-corrected chi connectivity index (χ2v) is 12.8. The van der Waals surface area contributed by atoms with E-state index in [9.17, 15) is 14.6 Å². The SMILES string of the molecule is C[C@@]1(O)CCCN(c2nc(OC[C@@]34CCCN3C[C@H](F)C4)nc3c2CO[C@]2(CCCc4ccc(O)cc42)C3)C1. The van der Waals surface area contributed by atoms with E-state index in [1.54, 1.807) is 6.07 Å². The van der Waals surface area contributed by atoms with Gasteiger partial charge in [-0.15, -0.1) is 0 Å². The number of anilines is 1. The van der Waals surface area contributed by atoms with Crippen molar-refractivity contribution < 1.29 is 24.1 Å². The average molecular weight is 539 g/mol. The van der Waals surface area contributed by atoms with Crippen molar-refractivity contribution in [2.75, 3.05) is 37.7 Å². The molecule has 9 heteroatoms. The normalized spacial score (nSPS) is 34.1. The zero-order chi connectivity index (χ0) is 26.8. The summed E-state index contributed by atoms with van der Waals surface area (Å²) in [4.78, 5) is 14.3. The molecule has 0 bridgehead atoms. The predicted octanol–water partition coefficient (Wildman–Crippen LogP) is 3.79. The van der Waals surface area contributed by atoms with Crippen molar-refractivity contribution in [1.29, 1.82) is 0 Å². The number of hydrogen-bond donors (Lipinski definition) is 2. The molecule has 1 aromatic carbocycles. The van der Waals surface area contributed by atoms with Crippen molar-refractivity contribution in [2.24, 2.45) is 0 Å². The van der Waals surface area contributed by atoms with Crippen LogP contribution in [0.1, 0.15) is 74.3 Å². The quantitative estimate of drug-likeness (QED) is 0.608. The number of β-amino-alcohol motifs (C(OH)–C–C–N with tert-alkyl or cyclic N) is 1. The van der Waals surface area contributed by atoms with Crippen LogP contribution in [0.3, 0.4) is 0 Å². The highest BCUT2D eigenvalue weighted by Crippen LogP contribution is 2.47. The molecule has 7 rings (SSSR count). The number of aryl methyl sites for hydroxylation is 1. The number of nitrogens with zero attached hydrogens (tertiary/aromatic N) is 4. The van der Waals surface area contributed by atoms with Crippen LogP contribution in [-0.2, 0) is 29.8 Å². The van der Waals surface area contributed by atoms with E-state index < -0.39 is 17.4 Å². The summed E-state index contributed by atoms with van der Waals surface area (Å²) in [7, 11) is 0. The van der Waals surface area contributed by atoms with Gasteiger partial charge in [-0.05, 0) is 81.7 Å². The largest absolute Gasteiger partial charge is 0.508 e. The first-order chi connectivity index (χ1) is 18.7. The fraction of sp³-hybridized carbons (Fsp3) is 0.667. The Morgan fingerprint density at radius 1 is 1.15 bits per heavy atom. The van der Waals surface area contributed by atoms with Crippen LogP contribution in [0.15, 0.2) is 18.2 Å². The molecule has 1 spiro atoms. The fourth-order valence-corrected chi connectivity index (χ4v) is 7.93. The number of aromatic nitrogens is 2. The molecule has 4 atom stereocenters. The highest BCUT2D eigenvalue weighted by molar-refractivity contribution is 5.53. The third kappa shape index (κ3) is 4.46. The van der Waals surface area contributed by atoms with Gasteiger partial charge in [-0.3, -0.25) is 4.90 Å². The summed E-state index contributed by atoms with van der Waals surface area (Å²) in [6.07, 6.45) is 6.68. The molecule has 4 aliphatic heterocycles. The Balaban J connectivity index is 1.25. The zero-order valence-corrected chi connectivity index (χ0v) is 22.8. The van der Waals surface area contributed by atoms with Gasteiger partial charge >= 0.3 is 6.01 Å². The second-order valence-electron chi connectivity index (χ2n) is 12.8. The van der Waals surface area contributed by atoms with Crippen molar-refractivity contribution in [3.8, 4) is 11.8 Å². The van der Waals surface area contributed by atoms with E-state index >= 15 is 0 Å². The molecule has 5 heterocycles. The summed E-state index contributed by atoms with van der Waals surface area (Å²) in [5.41, 5.74) is 2.48. The number of fused-ring (bicyclic) bond motifs is 4. The Morgan fingerprint density at radius 3 is 2.90 bits per heavy atom. The summed E-state index contributed by atoms with van der Waals surface area (Å²) < 4.78 is 27.4. The van der Waals surface area contributed by atoms with Gasteiger partial charge in [0.2, 0.25) is 0 Å². The van der Waals surface area contributed by atoms with Crippen LogP contribution in [0.5, 0.6) is 11.8 Å². The molecule has 0 unspecified atom stereocenters. The van der Waals surface area contributed by atoms with Crippen LogP contribution in [0.2, 0.25) is 0 Å². The zero-order valence-electron chi connectivity index (χ0n) is 22.8. The lowest BCUT2D eigenvalue weighted by molar-refractivity contribution is -0.0857. The van der Waals surface area contributed by atoms with Gasteiger partial charge in [0.05, 0.1) is 29.0 Å². The van der Waals surface area contributed by atoms with Crippen molar-refractivity contribution in [1.82, 2.24) is 14.9 Å². The molecule has 2 N–H and O–H groups in total. The number of rotatable bonds is 4. The molecular formula is C30H39FN4O4. The molecule has 0 amide bonds. The van der Waals surface area contributed by atoms with Gasteiger partial charge in [-0.2, -0.15) is 9.97 Å². The van der Waals surface area contributed by atoms with Crippen molar-refractivity contribution in [3.63, 3.8) is 0 Å². The molecule has 2 aromatic rings. The maximum absolute atomic E-state index is 14.4. The smallest absolute Gasteiger partial charge is 0.318 e. The Bertz CT molecular complexity index is 1270. The number of aliphatic hydroxyl groups is 1. The number of hydrogen-bond acceptors (Lipinski definition) is 8. The number of phenols is 1. The molecule has 1 aliphatic carbocycles. The number of benzene rings is 1. The Kier molecular flexibility index (Phi) is 6.06. The van der Waals surface area contributed by atoms with E-state index in [4.69, 9.17) is 19.4 Å². The van der Waals surface area contributed by atoms with Crippen molar-refractivity contribution >= 4 is 5.82 Å². The summed E-state index contributed by atoms with van der Waals surface area (Å²) in [5.74, 6) is 1.02. The summed E-state index contributed by atoms with van der Waals surface area (Å²) in [5, 5.41) is 21.2. The number of ether oxygens (including phenoxy) is 2. The second kappa shape index (κ2) is 9.28. The van der Waals surface area contributed by atoms with Gasteiger partial charge in [0.1, 0.15) is 24.3 Å². The van der Waals surface area contributed by atoms with Gasteiger partial charge in [-0.1, -0.05) is 6.07 Å². The number of halogens is 1. The Morgan fingerprint density at radius 2 is 2.03 bits per heavy atom. The van der Waals surface area contributed by atoms with Crippen molar-refractivity contribution in [3.05, 3.63) is 40.6 Å². The van der Waals surface area contributed by atoms with Gasteiger partial charge in [-0.25, -0.2) is 4.39 Å². The van der Waals surface area contributed by atoms with Gasteiger partial charge in [0.25, 0.3) is 0 Å². The number of phenolic OH excluding ortho intramolecular Hbond substituents is 1. The first-order valence-electron chi connectivity index (χ1n) is 14.6. The van der Waals surface area contributed by atoms with Crippen LogP contribution in [0.4, 0.5) is 10.2 Å². The molecule has 3 saturated heterocycles. The molecule has 1 aromatic heterocycles. The third-order valence-corrected chi connectivity index (χ3v) is 9.81. The molecule has 210 valence electrons. The summed E-state index contributed by atoms with van der Waals surface area (Å²) >= 11 is 0. The summed E-state index contributed by atoms with van der Waals surface area (Å²) in [6.45, 7) is 5.29. The minimum atomic E-state index is -0.815. The number of aromatic hydroxyl groups is 1. The number of alkyl halides is 1. The third-order valence-electron chi connectivity index (χ3n) is 9.81. The average Bonchev–Trinajstić information content (AvgIpc) is 3.42. The van der Waals surface area contributed by atoms with Gasteiger partial charge < -0.3 is 24.6 Å². The molecule has 3 fully saturated rings. The van der Waals surface area contributed by atoms with E-state index in [2.05, 4.69) is 9.80 Å². The predicted molar refractivity (Wildman–Crippen MR) is 144 cm³/mol. The molecule has 8 nitrogen and oxygen atoms in total. The lowest BCUT2D eigenvalue weighted by Crippen LogP contribution is -2.47. The highest BCUT2D eigenvalue weighted by Gasteiger charge is 2.50. The van der Waals surface area contributed by atoms with Crippen LogP contribution in [0, 0.1) is 0 Å². The monoisotopic (exact) mass is 538 g/mol.